The quantitative estimate of drug-likeness (QED) is 0.742. The highest BCUT2D eigenvalue weighted by molar-refractivity contribution is 5.99. The number of hydrogen-bond donors (Lipinski definition) is 1. The van der Waals surface area contributed by atoms with E-state index in [-0.39, 0.29) is 31.4 Å². The molecule has 92 valence electrons. The number of carbonyl (C=O) groups is 2. The minimum atomic E-state index is -0.205. The Morgan fingerprint density at radius 3 is 2.72 bits per heavy atom. The largest absolute Gasteiger partial charge is 0.307 e. The molecule has 0 saturated carbocycles. The standard InChI is InChI=1S/C12H12N4O2/c17-11-5-13-6-12(18)16(11)8-9-7-15-4-2-1-3-10(15)14-9/h1-4,7,13H,5-6,8H2. The molecule has 6 heteroatoms. The van der Waals surface area contributed by atoms with Gasteiger partial charge in [-0.1, -0.05) is 6.07 Å². The minimum absolute atomic E-state index is 0.205. The molecule has 1 N–H and O–H groups in total. The molecule has 1 fully saturated rings. The van der Waals surface area contributed by atoms with E-state index >= 15 is 0 Å². The lowest BCUT2D eigenvalue weighted by Crippen LogP contribution is -2.51. The van der Waals surface area contributed by atoms with Crippen LogP contribution in [0.5, 0.6) is 0 Å². The zero-order valence-corrected chi connectivity index (χ0v) is 9.67. The lowest BCUT2D eigenvalue weighted by molar-refractivity contribution is -0.147. The molecule has 0 aliphatic carbocycles. The third kappa shape index (κ3) is 1.86. The second-order valence-corrected chi connectivity index (χ2v) is 4.18. The number of imidazole rings is 1. The summed E-state index contributed by atoms with van der Waals surface area (Å²) in [5, 5.41) is 2.76. The van der Waals surface area contributed by atoms with E-state index < -0.39 is 0 Å². The third-order valence-electron chi connectivity index (χ3n) is 2.89. The van der Waals surface area contributed by atoms with E-state index in [1.807, 2.05) is 35.0 Å². The average molecular weight is 244 g/mol. The van der Waals surface area contributed by atoms with Gasteiger partial charge in [0.25, 0.3) is 0 Å². The maximum Gasteiger partial charge on any atom is 0.243 e. The molecule has 2 amide bonds. The monoisotopic (exact) mass is 244 g/mol. The molecule has 1 saturated heterocycles. The maximum absolute atomic E-state index is 11.6. The molecular formula is C12H12N4O2. The Hall–Kier alpha value is -2.21. The van der Waals surface area contributed by atoms with Crippen LogP contribution in [0, 0.1) is 0 Å². The fourth-order valence-corrected chi connectivity index (χ4v) is 2.01. The van der Waals surface area contributed by atoms with Gasteiger partial charge in [-0.15, -0.1) is 0 Å². The molecule has 18 heavy (non-hydrogen) atoms. The van der Waals surface area contributed by atoms with Crippen LogP contribution in [0.3, 0.4) is 0 Å². The average Bonchev–Trinajstić information content (AvgIpc) is 2.76. The van der Waals surface area contributed by atoms with Gasteiger partial charge in [0.15, 0.2) is 0 Å². The summed E-state index contributed by atoms with van der Waals surface area (Å²) in [6, 6.07) is 5.68. The third-order valence-corrected chi connectivity index (χ3v) is 2.89. The van der Waals surface area contributed by atoms with Crippen LogP contribution < -0.4 is 5.32 Å². The highest BCUT2D eigenvalue weighted by Crippen LogP contribution is 2.09. The van der Waals surface area contributed by atoms with E-state index in [9.17, 15) is 9.59 Å². The molecule has 0 spiro atoms. The van der Waals surface area contributed by atoms with Crippen LogP contribution in [0.15, 0.2) is 30.6 Å². The summed E-state index contributed by atoms with van der Waals surface area (Å²) < 4.78 is 1.87. The number of nitrogens with one attached hydrogen (secondary N) is 1. The number of pyridine rings is 1. The number of hydrogen-bond acceptors (Lipinski definition) is 4. The summed E-state index contributed by atoms with van der Waals surface area (Å²) in [6.07, 6.45) is 3.71. The van der Waals surface area contributed by atoms with Crippen molar-refractivity contribution in [3.05, 3.63) is 36.3 Å². The lowest BCUT2D eigenvalue weighted by atomic mass is 10.3. The van der Waals surface area contributed by atoms with Crippen molar-refractivity contribution >= 4 is 17.5 Å². The van der Waals surface area contributed by atoms with Crippen molar-refractivity contribution < 1.29 is 9.59 Å². The Balaban J connectivity index is 1.87. The number of rotatable bonds is 2. The van der Waals surface area contributed by atoms with Crippen molar-refractivity contribution in [1.82, 2.24) is 19.6 Å². The van der Waals surface area contributed by atoms with Gasteiger partial charge in [0.1, 0.15) is 5.65 Å². The van der Waals surface area contributed by atoms with Gasteiger partial charge in [0, 0.05) is 12.4 Å². The Kier molecular flexibility index (Phi) is 2.56. The number of nitrogens with zero attached hydrogens (tertiary/aromatic N) is 3. The summed E-state index contributed by atoms with van der Waals surface area (Å²) in [4.78, 5) is 28.9. The maximum atomic E-state index is 11.6. The highest BCUT2D eigenvalue weighted by atomic mass is 16.2. The van der Waals surface area contributed by atoms with Crippen molar-refractivity contribution in [3.8, 4) is 0 Å². The molecule has 3 heterocycles. The Morgan fingerprint density at radius 2 is 2.00 bits per heavy atom. The predicted octanol–water partition coefficient (Wildman–Crippen LogP) is -0.207. The summed E-state index contributed by atoms with van der Waals surface area (Å²) in [6.45, 7) is 0.652. The van der Waals surface area contributed by atoms with E-state index in [0.717, 1.165) is 5.65 Å². The van der Waals surface area contributed by atoms with Crippen molar-refractivity contribution in [1.29, 1.82) is 0 Å². The molecule has 2 aromatic rings. The van der Waals surface area contributed by atoms with Gasteiger partial charge >= 0.3 is 0 Å². The lowest BCUT2D eigenvalue weighted by Gasteiger charge is -2.24. The zero-order valence-electron chi connectivity index (χ0n) is 9.67. The highest BCUT2D eigenvalue weighted by Gasteiger charge is 2.26. The van der Waals surface area contributed by atoms with Crippen molar-refractivity contribution in [2.75, 3.05) is 13.1 Å². The molecule has 0 atom stereocenters. The van der Waals surface area contributed by atoms with Gasteiger partial charge in [-0.2, -0.15) is 0 Å². The topological polar surface area (TPSA) is 66.7 Å². The van der Waals surface area contributed by atoms with Crippen molar-refractivity contribution in [3.63, 3.8) is 0 Å². The van der Waals surface area contributed by atoms with Crippen LogP contribution in [0.1, 0.15) is 5.69 Å². The smallest absolute Gasteiger partial charge is 0.243 e. The van der Waals surface area contributed by atoms with Gasteiger partial charge in [-0.05, 0) is 12.1 Å². The number of piperazine rings is 1. The van der Waals surface area contributed by atoms with Gasteiger partial charge in [-0.3, -0.25) is 19.8 Å². The normalized spacial score (nSPS) is 16.6. The van der Waals surface area contributed by atoms with Crippen LogP contribution in [-0.4, -0.2) is 39.2 Å². The number of carbonyl (C=O) groups excluding carboxylic acids is 2. The van der Waals surface area contributed by atoms with E-state index in [1.165, 1.54) is 4.90 Å². The van der Waals surface area contributed by atoms with Crippen LogP contribution >= 0.6 is 0 Å². The van der Waals surface area contributed by atoms with Crippen molar-refractivity contribution in [2.24, 2.45) is 0 Å². The van der Waals surface area contributed by atoms with E-state index in [2.05, 4.69) is 10.3 Å². The molecule has 0 bridgehead atoms. The van der Waals surface area contributed by atoms with Crippen molar-refractivity contribution in [2.45, 2.75) is 6.54 Å². The second-order valence-electron chi connectivity index (χ2n) is 4.18. The summed E-state index contributed by atoms with van der Waals surface area (Å²) in [7, 11) is 0. The van der Waals surface area contributed by atoms with E-state index in [4.69, 9.17) is 0 Å². The number of aromatic nitrogens is 2. The van der Waals surface area contributed by atoms with Gasteiger partial charge in [-0.25, -0.2) is 4.98 Å². The van der Waals surface area contributed by atoms with Crippen LogP contribution in [0.25, 0.3) is 5.65 Å². The first-order valence-electron chi connectivity index (χ1n) is 5.70. The Labute approximate surface area is 103 Å². The molecule has 1 aliphatic rings. The first-order chi connectivity index (χ1) is 8.74. The first-order valence-corrected chi connectivity index (χ1v) is 5.70. The summed E-state index contributed by atoms with van der Waals surface area (Å²) >= 11 is 0. The Bertz CT molecular complexity index is 570. The van der Waals surface area contributed by atoms with Gasteiger partial charge < -0.3 is 4.40 Å². The fourth-order valence-electron chi connectivity index (χ4n) is 2.01. The second kappa shape index (κ2) is 4.23. The molecular weight excluding hydrogens is 232 g/mol. The molecule has 0 radical (unpaired) electrons. The summed E-state index contributed by atoms with van der Waals surface area (Å²) in [5.74, 6) is -0.411. The van der Waals surface area contributed by atoms with Gasteiger partial charge in [0.2, 0.25) is 11.8 Å². The number of fused-ring (bicyclic) bond motifs is 1. The van der Waals surface area contributed by atoms with Crippen LogP contribution in [0.4, 0.5) is 0 Å². The van der Waals surface area contributed by atoms with E-state index in [0.29, 0.717) is 5.69 Å². The molecule has 3 rings (SSSR count). The molecule has 0 unspecified atom stereocenters. The van der Waals surface area contributed by atoms with Gasteiger partial charge in [0.05, 0.1) is 25.3 Å². The molecule has 1 aliphatic heterocycles. The number of imide groups is 1. The van der Waals surface area contributed by atoms with E-state index in [1.54, 1.807) is 0 Å². The molecule has 2 aromatic heterocycles. The van der Waals surface area contributed by atoms with Crippen LogP contribution in [-0.2, 0) is 16.1 Å². The number of amides is 2. The SMILES string of the molecule is O=C1CNCC(=O)N1Cc1cn2ccccc2n1. The predicted molar refractivity (Wildman–Crippen MR) is 63.6 cm³/mol. The molecule has 0 aromatic carbocycles. The molecule has 6 nitrogen and oxygen atoms in total. The zero-order chi connectivity index (χ0) is 12.5. The fraction of sp³-hybridized carbons (Fsp3) is 0.250. The first kappa shape index (κ1) is 10.9. The minimum Gasteiger partial charge on any atom is -0.307 e. The van der Waals surface area contributed by atoms with Crippen LogP contribution in [0.2, 0.25) is 0 Å². The Morgan fingerprint density at radius 1 is 1.22 bits per heavy atom. The summed E-state index contributed by atoms with van der Waals surface area (Å²) in [5.41, 5.74) is 1.52.